The van der Waals surface area contributed by atoms with E-state index in [4.69, 9.17) is 10.5 Å². The van der Waals surface area contributed by atoms with Gasteiger partial charge in [-0.25, -0.2) is 4.99 Å². The zero-order valence-electron chi connectivity index (χ0n) is 11.1. The topological polar surface area (TPSA) is 47.6 Å². The lowest BCUT2D eigenvalue weighted by Crippen LogP contribution is -2.15. The molecule has 0 aliphatic carbocycles. The van der Waals surface area contributed by atoms with Gasteiger partial charge in [-0.15, -0.1) is 0 Å². The summed E-state index contributed by atoms with van der Waals surface area (Å²) in [5.74, 6) is 0. The minimum Gasteiger partial charge on any atom is -0.463 e. The van der Waals surface area contributed by atoms with Gasteiger partial charge >= 0.3 is 12.4 Å². The minimum absolute atomic E-state index is 0.0647. The van der Waals surface area contributed by atoms with E-state index in [0.29, 0.717) is 18.2 Å². The van der Waals surface area contributed by atoms with Gasteiger partial charge in [0, 0.05) is 0 Å². The Morgan fingerprint density at radius 1 is 1.14 bits per heavy atom. The van der Waals surface area contributed by atoms with Crippen LogP contribution < -0.4 is 5.73 Å². The molecule has 0 aromatic heterocycles. The van der Waals surface area contributed by atoms with Crippen LogP contribution >= 0.6 is 0 Å². The van der Waals surface area contributed by atoms with Crippen molar-refractivity contribution in [2.45, 2.75) is 31.2 Å². The maximum absolute atomic E-state index is 12.9. The second-order valence-corrected chi connectivity index (χ2v) is 4.84. The van der Waals surface area contributed by atoms with E-state index in [-0.39, 0.29) is 25.5 Å². The average Bonchev–Trinajstić information content (AvgIpc) is 2.79. The van der Waals surface area contributed by atoms with Crippen LogP contribution in [0, 0.1) is 0 Å². The van der Waals surface area contributed by atoms with Crippen LogP contribution in [0.2, 0.25) is 0 Å². The van der Waals surface area contributed by atoms with Crippen molar-refractivity contribution in [3.8, 4) is 0 Å². The number of hydrogen-bond donors (Lipinski definition) is 1. The van der Waals surface area contributed by atoms with Crippen LogP contribution in [0.3, 0.4) is 0 Å². The van der Waals surface area contributed by atoms with Gasteiger partial charge in [0.25, 0.3) is 6.02 Å². The lowest BCUT2D eigenvalue weighted by molar-refractivity contribution is -0.141. The normalized spacial score (nSPS) is 19.0. The fourth-order valence-electron chi connectivity index (χ4n) is 2.16. The van der Waals surface area contributed by atoms with Crippen molar-refractivity contribution in [1.29, 1.82) is 0 Å². The summed E-state index contributed by atoms with van der Waals surface area (Å²) in [5, 5.41) is 0. The summed E-state index contributed by atoms with van der Waals surface area (Å²) in [4.78, 5) is 3.84. The summed E-state index contributed by atoms with van der Waals surface area (Å²) in [7, 11) is 0. The van der Waals surface area contributed by atoms with Crippen molar-refractivity contribution in [2.24, 2.45) is 10.7 Å². The van der Waals surface area contributed by atoms with E-state index in [1.54, 1.807) is 0 Å². The molecular formula is C13H12F6N2O. The molecule has 3 nitrogen and oxygen atoms in total. The number of nitrogens with two attached hydrogens (primary N) is 1. The molecular weight excluding hydrogens is 314 g/mol. The first-order valence-electron chi connectivity index (χ1n) is 6.31. The minimum atomic E-state index is -4.71. The molecule has 1 heterocycles. The Bertz CT molecular complexity index is 579. The Hall–Kier alpha value is -1.93. The van der Waals surface area contributed by atoms with Gasteiger partial charge in [0.05, 0.1) is 17.2 Å². The highest BCUT2D eigenvalue weighted by molar-refractivity contribution is 5.73. The molecule has 122 valence electrons. The van der Waals surface area contributed by atoms with Crippen LogP contribution in [-0.4, -0.2) is 18.7 Å². The molecule has 1 atom stereocenters. The highest BCUT2D eigenvalue weighted by atomic mass is 19.4. The molecule has 9 heteroatoms. The molecule has 22 heavy (non-hydrogen) atoms. The third kappa shape index (κ3) is 3.83. The van der Waals surface area contributed by atoms with Crippen LogP contribution in [-0.2, 0) is 23.5 Å². The van der Waals surface area contributed by atoms with Crippen LogP contribution in [0.15, 0.2) is 23.2 Å². The molecule has 1 aliphatic rings. The Balaban J connectivity index is 2.25. The summed E-state index contributed by atoms with van der Waals surface area (Å²) in [6.07, 6.45) is -9.50. The average molecular weight is 326 g/mol. The van der Waals surface area contributed by atoms with Gasteiger partial charge in [0.1, 0.15) is 6.61 Å². The van der Waals surface area contributed by atoms with E-state index in [1.165, 1.54) is 0 Å². The molecule has 0 fully saturated rings. The maximum atomic E-state index is 12.9. The quantitative estimate of drug-likeness (QED) is 0.866. The molecule has 1 aliphatic heterocycles. The number of hydrogen-bond acceptors (Lipinski definition) is 3. The van der Waals surface area contributed by atoms with Crippen molar-refractivity contribution in [3.05, 3.63) is 34.9 Å². The summed E-state index contributed by atoms with van der Waals surface area (Å²) < 4.78 is 81.5. The molecule has 0 radical (unpaired) electrons. The standard InChI is InChI=1S/C13H12F6N2O/c14-12(15,16)8-2-4-10(13(17,18)19)7(5-8)1-3-9-6-22-11(20)21-9/h2,4-5,9H,1,3,6H2,(H2,20,21). The SMILES string of the molecule is NC1=NC(CCc2cc(C(F)(F)F)ccc2C(F)(F)F)CO1. The van der Waals surface area contributed by atoms with Crippen molar-refractivity contribution < 1.29 is 31.1 Å². The fourth-order valence-corrected chi connectivity index (χ4v) is 2.16. The molecule has 0 saturated heterocycles. The van der Waals surface area contributed by atoms with Gasteiger partial charge in [0.15, 0.2) is 0 Å². The first kappa shape index (κ1) is 16.4. The van der Waals surface area contributed by atoms with Crippen molar-refractivity contribution in [1.82, 2.24) is 0 Å². The van der Waals surface area contributed by atoms with Gasteiger partial charge < -0.3 is 10.5 Å². The van der Waals surface area contributed by atoms with Gasteiger partial charge in [-0.2, -0.15) is 26.3 Å². The Kier molecular flexibility index (Phi) is 4.25. The zero-order chi connectivity index (χ0) is 16.5. The smallest absolute Gasteiger partial charge is 0.416 e. The summed E-state index contributed by atoms with van der Waals surface area (Å²) in [6.45, 7) is 0.117. The number of alkyl halides is 6. The number of aryl methyl sites for hydroxylation is 1. The zero-order valence-corrected chi connectivity index (χ0v) is 11.1. The van der Waals surface area contributed by atoms with Gasteiger partial charge in [0.2, 0.25) is 0 Å². The number of rotatable bonds is 3. The molecule has 0 bridgehead atoms. The van der Waals surface area contributed by atoms with Crippen molar-refractivity contribution in [3.63, 3.8) is 0 Å². The number of amidine groups is 1. The van der Waals surface area contributed by atoms with E-state index in [0.717, 1.165) is 0 Å². The molecule has 2 N–H and O–H groups in total. The third-order valence-electron chi connectivity index (χ3n) is 3.22. The molecule has 0 saturated carbocycles. The highest BCUT2D eigenvalue weighted by Gasteiger charge is 2.37. The second-order valence-electron chi connectivity index (χ2n) is 4.84. The molecule has 0 spiro atoms. The monoisotopic (exact) mass is 326 g/mol. The summed E-state index contributed by atoms with van der Waals surface area (Å²) in [5.41, 5.74) is 2.68. The van der Waals surface area contributed by atoms with Crippen molar-refractivity contribution >= 4 is 6.02 Å². The van der Waals surface area contributed by atoms with E-state index < -0.39 is 35.1 Å². The number of nitrogens with zero attached hydrogens (tertiary/aromatic N) is 1. The lowest BCUT2D eigenvalue weighted by atomic mass is 9.97. The van der Waals surface area contributed by atoms with Gasteiger partial charge in [-0.3, -0.25) is 0 Å². The first-order valence-corrected chi connectivity index (χ1v) is 6.31. The lowest BCUT2D eigenvalue weighted by Gasteiger charge is -2.16. The Labute approximate surface area is 121 Å². The number of halogens is 6. The Morgan fingerprint density at radius 2 is 1.82 bits per heavy atom. The molecule has 0 amide bonds. The van der Waals surface area contributed by atoms with Crippen LogP contribution in [0.1, 0.15) is 23.1 Å². The van der Waals surface area contributed by atoms with E-state index in [2.05, 4.69) is 4.99 Å². The van der Waals surface area contributed by atoms with Crippen molar-refractivity contribution in [2.75, 3.05) is 6.61 Å². The Morgan fingerprint density at radius 3 is 2.32 bits per heavy atom. The highest BCUT2D eigenvalue weighted by Crippen LogP contribution is 2.37. The fraction of sp³-hybridized carbons (Fsp3) is 0.462. The second kappa shape index (κ2) is 5.69. The molecule has 1 unspecified atom stereocenters. The van der Waals surface area contributed by atoms with Crippen LogP contribution in [0.4, 0.5) is 26.3 Å². The predicted octanol–water partition coefficient (Wildman–Crippen LogP) is 3.37. The van der Waals surface area contributed by atoms with E-state index >= 15 is 0 Å². The molecule has 1 aromatic rings. The number of benzene rings is 1. The van der Waals surface area contributed by atoms with E-state index in [1.807, 2.05) is 0 Å². The first-order chi connectivity index (χ1) is 10.1. The maximum Gasteiger partial charge on any atom is 0.416 e. The summed E-state index contributed by atoms with van der Waals surface area (Å²) in [6, 6.07) is 0.911. The van der Waals surface area contributed by atoms with Crippen LogP contribution in [0.25, 0.3) is 0 Å². The molecule has 2 rings (SSSR count). The number of ether oxygens (including phenoxy) is 1. The third-order valence-corrected chi connectivity index (χ3v) is 3.22. The largest absolute Gasteiger partial charge is 0.463 e. The predicted molar refractivity (Wildman–Crippen MR) is 66.1 cm³/mol. The molecule has 1 aromatic carbocycles. The van der Waals surface area contributed by atoms with Gasteiger partial charge in [-0.05, 0) is 36.6 Å². The van der Waals surface area contributed by atoms with Crippen LogP contribution in [0.5, 0.6) is 0 Å². The summed E-state index contributed by atoms with van der Waals surface area (Å²) >= 11 is 0. The van der Waals surface area contributed by atoms with Gasteiger partial charge in [-0.1, -0.05) is 0 Å². The number of aliphatic imine (C=N–C) groups is 1. The van der Waals surface area contributed by atoms with E-state index in [9.17, 15) is 26.3 Å².